The Morgan fingerprint density at radius 2 is 2.00 bits per heavy atom. The molecule has 3 heteroatoms. The minimum absolute atomic E-state index is 0.190. The van der Waals surface area contributed by atoms with Gasteiger partial charge in [-0.05, 0) is 45.6 Å². The molecule has 14 heavy (non-hydrogen) atoms. The minimum atomic E-state index is -0.190. The number of hydrogen-bond acceptors (Lipinski definition) is 3. The SMILES string of the molecule is CC(O)CCNC(C)C1CCOCC1. The molecule has 1 rings (SSSR count). The number of ether oxygens (including phenoxy) is 1. The first-order valence-corrected chi connectivity index (χ1v) is 5.69. The Morgan fingerprint density at radius 3 is 2.57 bits per heavy atom. The fraction of sp³-hybridized carbons (Fsp3) is 1.00. The quantitative estimate of drug-likeness (QED) is 0.701. The lowest BCUT2D eigenvalue weighted by atomic mass is 9.93. The maximum atomic E-state index is 9.12. The van der Waals surface area contributed by atoms with Gasteiger partial charge in [-0.25, -0.2) is 0 Å². The van der Waals surface area contributed by atoms with Crippen LogP contribution in [0.3, 0.4) is 0 Å². The van der Waals surface area contributed by atoms with Gasteiger partial charge in [-0.3, -0.25) is 0 Å². The highest BCUT2D eigenvalue weighted by Crippen LogP contribution is 2.18. The van der Waals surface area contributed by atoms with E-state index in [1.165, 1.54) is 12.8 Å². The Labute approximate surface area is 86.8 Å². The van der Waals surface area contributed by atoms with Gasteiger partial charge < -0.3 is 15.2 Å². The van der Waals surface area contributed by atoms with Crippen LogP contribution in [0.15, 0.2) is 0 Å². The molecule has 3 nitrogen and oxygen atoms in total. The molecule has 84 valence electrons. The fourth-order valence-corrected chi connectivity index (χ4v) is 1.90. The second kappa shape index (κ2) is 6.38. The predicted octanol–water partition coefficient (Wildman–Crippen LogP) is 1.16. The molecule has 1 heterocycles. The second-order valence-corrected chi connectivity index (χ2v) is 4.33. The maximum Gasteiger partial charge on any atom is 0.0524 e. The number of aliphatic hydroxyl groups is 1. The maximum absolute atomic E-state index is 9.12. The number of rotatable bonds is 5. The molecule has 0 amide bonds. The van der Waals surface area contributed by atoms with Crippen LogP contribution in [-0.2, 0) is 4.74 Å². The number of nitrogens with one attached hydrogen (secondary N) is 1. The molecule has 0 aromatic heterocycles. The van der Waals surface area contributed by atoms with Crippen LogP contribution in [0, 0.1) is 5.92 Å². The lowest BCUT2D eigenvalue weighted by Gasteiger charge is -2.28. The van der Waals surface area contributed by atoms with Crippen LogP contribution >= 0.6 is 0 Å². The highest BCUT2D eigenvalue weighted by molar-refractivity contribution is 4.74. The van der Waals surface area contributed by atoms with Crippen molar-refractivity contribution < 1.29 is 9.84 Å². The van der Waals surface area contributed by atoms with E-state index in [2.05, 4.69) is 12.2 Å². The standard InChI is InChI=1S/C11H23NO2/c1-9(13)3-6-12-10(2)11-4-7-14-8-5-11/h9-13H,3-8H2,1-2H3. The summed E-state index contributed by atoms with van der Waals surface area (Å²) in [7, 11) is 0. The molecule has 1 saturated heterocycles. The Balaban J connectivity index is 2.10. The molecular formula is C11H23NO2. The zero-order valence-corrected chi connectivity index (χ0v) is 9.33. The zero-order chi connectivity index (χ0) is 10.4. The average Bonchev–Trinajstić information content (AvgIpc) is 2.18. The summed E-state index contributed by atoms with van der Waals surface area (Å²) in [5.41, 5.74) is 0. The summed E-state index contributed by atoms with van der Waals surface area (Å²) in [5, 5.41) is 12.6. The van der Waals surface area contributed by atoms with E-state index in [-0.39, 0.29) is 6.10 Å². The van der Waals surface area contributed by atoms with Crippen LogP contribution in [0.25, 0.3) is 0 Å². The first-order valence-electron chi connectivity index (χ1n) is 5.69. The Hall–Kier alpha value is -0.120. The van der Waals surface area contributed by atoms with Crippen molar-refractivity contribution in [3.63, 3.8) is 0 Å². The van der Waals surface area contributed by atoms with Crippen molar-refractivity contribution in [1.29, 1.82) is 0 Å². The molecule has 0 bridgehead atoms. The second-order valence-electron chi connectivity index (χ2n) is 4.33. The van der Waals surface area contributed by atoms with E-state index in [0.717, 1.165) is 32.1 Å². The van der Waals surface area contributed by atoms with Crippen molar-refractivity contribution >= 4 is 0 Å². The van der Waals surface area contributed by atoms with Crippen molar-refractivity contribution in [2.45, 2.75) is 45.3 Å². The van der Waals surface area contributed by atoms with Crippen molar-refractivity contribution in [1.82, 2.24) is 5.32 Å². The van der Waals surface area contributed by atoms with Gasteiger partial charge in [0.25, 0.3) is 0 Å². The van der Waals surface area contributed by atoms with Gasteiger partial charge in [0, 0.05) is 19.3 Å². The lowest BCUT2D eigenvalue weighted by molar-refractivity contribution is 0.0554. The first kappa shape index (κ1) is 12.0. The molecule has 0 aromatic carbocycles. The van der Waals surface area contributed by atoms with Crippen LogP contribution < -0.4 is 5.32 Å². The van der Waals surface area contributed by atoms with Crippen LogP contribution in [0.2, 0.25) is 0 Å². The number of hydrogen-bond donors (Lipinski definition) is 2. The smallest absolute Gasteiger partial charge is 0.0524 e. The van der Waals surface area contributed by atoms with Gasteiger partial charge in [0.2, 0.25) is 0 Å². The Morgan fingerprint density at radius 1 is 1.36 bits per heavy atom. The molecule has 2 unspecified atom stereocenters. The molecule has 0 spiro atoms. The molecule has 2 N–H and O–H groups in total. The summed E-state index contributed by atoms with van der Waals surface area (Å²) in [5.74, 6) is 0.748. The highest BCUT2D eigenvalue weighted by Gasteiger charge is 2.19. The van der Waals surface area contributed by atoms with Crippen molar-refractivity contribution in [2.24, 2.45) is 5.92 Å². The largest absolute Gasteiger partial charge is 0.393 e. The molecule has 1 fully saturated rings. The lowest BCUT2D eigenvalue weighted by Crippen LogP contribution is -2.37. The molecule has 0 radical (unpaired) electrons. The summed E-state index contributed by atoms with van der Waals surface area (Å²) >= 11 is 0. The summed E-state index contributed by atoms with van der Waals surface area (Å²) in [6.07, 6.45) is 2.99. The van der Waals surface area contributed by atoms with E-state index in [4.69, 9.17) is 9.84 Å². The van der Waals surface area contributed by atoms with Crippen molar-refractivity contribution in [2.75, 3.05) is 19.8 Å². The summed E-state index contributed by atoms with van der Waals surface area (Å²) in [6.45, 7) is 6.80. The summed E-state index contributed by atoms with van der Waals surface area (Å²) in [6, 6.07) is 0.553. The molecule has 0 saturated carbocycles. The fourth-order valence-electron chi connectivity index (χ4n) is 1.90. The summed E-state index contributed by atoms with van der Waals surface area (Å²) < 4.78 is 5.32. The molecule has 0 aromatic rings. The van der Waals surface area contributed by atoms with Gasteiger partial charge in [0.05, 0.1) is 6.10 Å². The van der Waals surface area contributed by atoms with Crippen molar-refractivity contribution in [3.05, 3.63) is 0 Å². The van der Waals surface area contributed by atoms with Gasteiger partial charge in [-0.1, -0.05) is 0 Å². The Bertz CT molecular complexity index is 144. The van der Waals surface area contributed by atoms with E-state index in [1.807, 2.05) is 6.92 Å². The van der Waals surface area contributed by atoms with Gasteiger partial charge in [0.1, 0.15) is 0 Å². The minimum Gasteiger partial charge on any atom is -0.393 e. The molecule has 0 aliphatic carbocycles. The molecule has 2 atom stereocenters. The van der Waals surface area contributed by atoms with E-state index >= 15 is 0 Å². The highest BCUT2D eigenvalue weighted by atomic mass is 16.5. The summed E-state index contributed by atoms with van der Waals surface area (Å²) in [4.78, 5) is 0. The topological polar surface area (TPSA) is 41.5 Å². The average molecular weight is 201 g/mol. The third-order valence-electron chi connectivity index (χ3n) is 3.00. The normalized spacial score (nSPS) is 23.4. The van der Waals surface area contributed by atoms with Gasteiger partial charge in [-0.2, -0.15) is 0 Å². The van der Waals surface area contributed by atoms with E-state index < -0.39 is 0 Å². The van der Waals surface area contributed by atoms with Crippen LogP contribution in [0.4, 0.5) is 0 Å². The Kier molecular flexibility index (Phi) is 5.45. The van der Waals surface area contributed by atoms with Gasteiger partial charge >= 0.3 is 0 Å². The van der Waals surface area contributed by atoms with Gasteiger partial charge in [0.15, 0.2) is 0 Å². The predicted molar refractivity (Wildman–Crippen MR) is 57.3 cm³/mol. The van der Waals surface area contributed by atoms with Gasteiger partial charge in [-0.15, -0.1) is 0 Å². The van der Waals surface area contributed by atoms with Crippen LogP contribution in [-0.4, -0.2) is 37.0 Å². The van der Waals surface area contributed by atoms with Crippen LogP contribution in [0.1, 0.15) is 33.1 Å². The number of aliphatic hydroxyl groups excluding tert-OH is 1. The van der Waals surface area contributed by atoms with E-state index in [0.29, 0.717) is 6.04 Å². The van der Waals surface area contributed by atoms with Crippen molar-refractivity contribution in [3.8, 4) is 0 Å². The zero-order valence-electron chi connectivity index (χ0n) is 9.33. The monoisotopic (exact) mass is 201 g/mol. The molecular weight excluding hydrogens is 178 g/mol. The molecule has 1 aliphatic rings. The van der Waals surface area contributed by atoms with E-state index in [9.17, 15) is 0 Å². The van der Waals surface area contributed by atoms with Crippen LogP contribution in [0.5, 0.6) is 0 Å². The third kappa shape index (κ3) is 4.40. The molecule has 1 aliphatic heterocycles. The van der Waals surface area contributed by atoms with E-state index in [1.54, 1.807) is 0 Å². The first-order chi connectivity index (χ1) is 6.70. The third-order valence-corrected chi connectivity index (χ3v) is 3.00.